The van der Waals surface area contributed by atoms with Gasteiger partial charge in [0.05, 0.1) is 12.0 Å². The van der Waals surface area contributed by atoms with Crippen molar-refractivity contribution in [1.82, 2.24) is 10.6 Å². The van der Waals surface area contributed by atoms with Crippen LogP contribution in [0.2, 0.25) is 0 Å². The maximum atomic E-state index is 11.9. The minimum atomic E-state index is -0.761. The molecule has 0 aliphatic heterocycles. The molecule has 5 heteroatoms. The van der Waals surface area contributed by atoms with Gasteiger partial charge in [0.2, 0.25) is 11.8 Å². The van der Waals surface area contributed by atoms with Crippen molar-refractivity contribution in [3.05, 3.63) is 35.9 Å². The Hall–Kier alpha value is -1.88. The van der Waals surface area contributed by atoms with Gasteiger partial charge in [-0.15, -0.1) is 0 Å². The van der Waals surface area contributed by atoms with Crippen LogP contribution in [0.1, 0.15) is 50.5 Å². The summed E-state index contributed by atoms with van der Waals surface area (Å²) in [5.74, 6) is -0.218. The van der Waals surface area contributed by atoms with E-state index in [0.29, 0.717) is 19.5 Å². The fourth-order valence-electron chi connectivity index (χ4n) is 3.07. The minimum Gasteiger partial charge on any atom is -0.388 e. The van der Waals surface area contributed by atoms with E-state index >= 15 is 0 Å². The Bertz CT molecular complexity index is 523. The van der Waals surface area contributed by atoms with Gasteiger partial charge in [0.15, 0.2) is 0 Å². The number of carbonyl (C=O) groups is 2. The zero-order chi connectivity index (χ0) is 17.3. The Morgan fingerprint density at radius 2 is 1.62 bits per heavy atom. The van der Waals surface area contributed by atoms with Crippen LogP contribution in [0.5, 0.6) is 0 Å². The van der Waals surface area contributed by atoms with Gasteiger partial charge in [0, 0.05) is 19.5 Å². The number of benzene rings is 1. The van der Waals surface area contributed by atoms with Gasteiger partial charge in [-0.05, 0) is 18.4 Å². The standard InChI is InChI=1S/C19H28N2O3/c22-17(21-15-19(24)11-6-1-2-7-12-19)10-13-20-18(23)14-16-8-4-3-5-9-16/h3-5,8-9,24H,1-2,6-7,10-15H2,(H,20,23)(H,21,22). The molecule has 0 aromatic heterocycles. The van der Waals surface area contributed by atoms with Crippen molar-refractivity contribution in [2.75, 3.05) is 13.1 Å². The van der Waals surface area contributed by atoms with E-state index in [4.69, 9.17) is 0 Å². The summed E-state index contributed by atoms with van der Waals surface area (Å²) < 4.78 is 0. The van der Waals surface area contributed by atoms with Crippen LogP contribution in [0.25, 0.3) is 0 Å². The van der Waals surface area contributed by atoms with Crippen molar-refractivity contribution in [2.24, 2.45) is 0 Å². The van der Waals surface area contributed by atoms with Gasteiger partial charge in [-0.25, -0.2) is 0 Å². The molecule has 1 fully saturated rings. The molecule has 0 saturated heterocycles. The van der Waals surface area contributed by atoms with Crippen LogP contribution in [0.4, 0.5) is 0 Å². The van der Waals surface area contributed by atoms with E-state index in [1.165, 1.54) is 0 Å². The van der Waals surface area contributed by atoms with Crippen molar-refractivity contribution in [1.29, 1.82) is 0 Å². The average molecular weight is 332 g/mol. The van der Waals surface area contributed by atoms with Crippen molar-refractivity contribution in [3.63, 3.8) is 0 Å². The first-order valence-corrected chi connectivity index (χ1v) is 8.87. The molecule has 1 aromatic rings. The average Bonchev–Trinajstić information content (AvgIpc) is 2.79. The highest BCUT2D eigenvalue weighted by Crippen LogP contribution is 2.26. The van der Waals surface area contributed by atoms with E-state index in [2.05, 4.69) is 10.6 Å². The molecule has 1 aliphatic rings. The predicted molar refractivity (Wildman–Crippen MR) is 93.4 cm³/mol. The molecule has 3 N–H and O–H groups in total. The van der Waals surface area contributed by atoms with Crippen molar-refractivity contribution in [3.8, 4) is 0 Å². The summed E-state index contributed by atoms with van der Waals surface area (Å²) in [4.78, 5) is 23.7. The zero-order valence-electron chi connectivity index (χ0n) is 14.2. The lowest BCUT2D eigenvalue weighted by atomic mass is 9.94. The molecule has 132 valence electrons. The molecule has 0 heterocycles. The fourth-order valence-corrected chi connectivity index (χ4v) is 3.07. The predicted octanol–water partition coefficient (Wildman–Crippen LogP) is 1.94. The normalized spacial score (nSPS) is 16.9. The largest absolute Gasteiger partial charge is 0.388 e. The van der Waals surface area contributed by atoms with Crippen molar-refractivity contribution < 1.29 is 14.7 Å². The maximum absolute atomic E-state index is 11.9. The fraction of sp³-hybridized carbons (Fsp3) is 0.579. The number of rotatable bonds is 7. The van der Waals surface area contributed by atoms with Crippen LogP contribution in [0.3, 0.4) is 0 Å². The van der Waals surface area contributed by atoms with Crippen LogP contribution in [-0.4, -0.2) is 35.6 Å². The van der Waals surface area contributed by atoms with Crippen LogP contribution in [0, 0.1) is 0 Å². The molecule has 0 spiro atoms. The summed E-state index contributed by atoms with van der Waals surface area (Å²) in [5, 5.41) is 16.1. The number of carbonyl (C=O) groups excluding carboxylic acids is 2. The first-order valence-electron chi connectivity index (χ1n) is 8.87. The van der Waals surface area contributed by atoms with Gasteiger partial charge in [0.1, 0.15) is 0 Å². The molecule has 0 unspecified atom stereocenters. The first kappa shape index (κ1) is 18.5. The zero-order valence-corrected chi connectivity index (χ0v) is 14.2. The van der Waals surface area contributed by atoms with Gasteiger partial charge in [-0.2, -0.15) is 0 Å². The molecule has 24 heavy (non-hydrogen) atoms. The van der Waals surface area contributed by atoms with Gasteiger partial charge < -0.3 is 15.7 Å². The third-order valence-corrected chi connectivity index (χ3v) is 4.53. The highest BCUT2D eigenvalue weighted by molar-refractivity contribution is 5.80. The van der Waals surface area contributed by atoms with Crippen LogP contribution in [-0.2, 0) is 16.0 Å². The summed E-state index contributed by atoms with van der Waals surface area (Å²) in [5.41, 5.74) is 0.193. The molecule has 1 aromatic carbocycles. The summed E-state index contributed by atoms with van der Waals surface area (Å²) in [6.45, 7) is 0.625. The Morgan fingerprint density at radius 3 is 2.29 bits per heavy atom. The van der Waals surface area contributed by atoms with Gasteiger partial charge >= 0.3 is 0 Å². The quantitative estimate of drug-likeness (QED) is 0.668. The SMILES string of the molecule is O=C(CCNC(=O)Cc1ccccc1)NCC1(O)CCCCCC1. The lowest BCUT2D eigenvalue weighted by Gasteiger charge is -2.26. The van der Waals surface area contributed by atoms with Crippen molar-refractivity contribution in [2.45, 2.75) is 57.0 Å². The Balaban J connectivity index is 1.61. The number of hydrogen-bond donors (Lipinski definition) is 3. The number of nitrogens with one attached hydrogen (secondary N) is 2. The topological polar surface area (TPSA) is 78.4 Å². The molecule has 1 saturated carbocycles. The van der Waals surface area contributed by atoms with E-state index < -0.39 is 5.60 Å². The molecule has 0 radical (unpaired) electrons. The number of aliphatic hydroxyl groups is 1. The number of hydrogen-bond acceptors (Lipinski definition) is 3. The van der Waals surface area contributed by atoms with Crippen molar-refractivity contribution >= 4 is 11.8 Å². The molecule has 1 aliphatic carbocycles. The highest BCUT2D eigenvalue weighted by Gasteiger charge is 2.28. The van der Waals surface area contributed by atoms with E-state index in [0.717, 1.165) is 44.1 Å². The second kappa shape index (κ2) is 9.42. The maximum Gasteiger partial charge on any atom is 0.224 e. The lowest BCUT2D eigenvalue weighted by molar-refractivity contribution is -0.123. The third kappa shape index (κ3) is 6.71. The van der Waals surface area contributed by atoms with E-state index in [-0.39, 0.29) is 18.2 Å². The molecule has 0 bridgehead atoms. The molecule has 0 atom stereocenters. The lowest BCUT2D eigenvalue weighted by Crippen LogP contribution is -2.43. The summed E-state index contributed by atoms with van der Waals surface area (Å²) >= 11 is 0. The number of amides is 2. The highest BCUT2D eigenvalue weighted by atomic mass is 16.3. The summed E-state index contributed by atoms with van der Waals surface area (Å²) in [6.07, 6.45) is 6.40. The molecule has 5 nitrogen and oxygen atoms in total. The monoisotopic (exact) mass is 332 g/mol. The third-order valence-electron chi connectivity index (χ3n) is 4.53. The molecular formula is C19H28N2O3. The Morgan fingerprint density at radius 1 is 0.958 bits per heavy atom. The molecular weight excluding hydrogens is 304 g/mol. The summed E-state index contributed by atoms with van der Waals surface area (Å²) in [7, 11) is 0. The van der Waals surface area contributed by atoms with E-state index in [1.54, 1.807) is 0 Å². The van der Waals surface area contributed by atoms with Crippen LogP contribution in [0.15, 0.2) is 30.3 Å². The van der Waals surface area contributed by atoms with Crippen LogP contribution >= 0.6 is 0 Å². The van der Waals surface area contributed by atoms with Crippen LogP contribution < -0.4 is 10.6 Å². The second-order valence-corrected chi connectivity index (χ2v) is 6.68. The Kier molecular flexibility index (Phi) is 7.25. The van der Waals surface area contributed by atoms with E-state index in [1.807, 2.05) is 30.3 Å². The smallest absolute Gasteiger partial charge is 0.224 e. The molecule has 2 amide bonds. The van der Waals surface area contributed by atoms with Gasteiger partial charge in [-0.1, -0.05) is 56.0 Å². The minimum absolute atomic E-state index is 0.0867. The second-order valence-electron chi connectivity index (χ2n) is 6.68. The Labute approximate surface area is 143 Å². The van der Waals surface area contributed by atoms with E-state index in [9.17, 15) is 14.7 Å². The molecule has 2 rings (SSSR count). The summed E-state index contributed by atoms with van der Waals surface area (Å²) in [6, 6.07) is 9.51. The van der Waals surface area contributed by atoms with Gasteiger partial charge in [-0.3, -0.25) is 9.59 Å². The first-order chi connectivity index (χ1) is 11.6. The van der Waals surface area contributed by atoms with Gasteiger partial charge in [0.25, 0.3) is 0 Å².